The fraction of sp³-hybridized carbons (Fsp3) is 0.632. The maximum Gasteiger partial charge on any atom is 0.387 e. The Morgan fingerprint density at radius 2 is 1.90 bits per heavy atom. The third-order valence-electron chi connectivity index (χ3n) is 4.73. The van der Waals surface area contributed by atoms with Crippen molar-refractivity contribution in [2.75, 3.05) is 53.2 Å². The van der Waals surface area contributed by atoms with E-state index in [0.717, 1.165) is 39.4 Å². The average Bonchev–Trinajstić information content (AvgIpc) is 3.15. The van der Waals surface area contributed by atoms with Crippen LogP contribution in [0, 0.1) is 5.92 Å². The zero-order valence-electron chi connectivity index (χ0n) is 17.2. The Morgan fingerprint density at radius 3 is 2.57 bits per heavy atom. The van der Waals surface area contributed by atoms with E-state index in [9.17, 15) is 8.78 Å². The number of hydrogen-bond acceptors (Lipinski definition) is 6. The maximum atomic E-state index is 12.8. The van der Waals surface area contributed by atoms with Crippen LogP contribution in [0.1, 0.15) is 12.5 Å². The SMILES string of the molecule is CN=C(NCc1cc2c(cc1OC(F)F)OCO2)NCC(C)CN1CCOCC1.I. The van der Waals surface area contributed by atoms with E-state index in [1.54, 1.807) is 13.1 Å². The number of nitrogens with one attached hydrogen (secondary N) is 2. The Bertz CT molecular complexity index is 705. The third kappa shape index (κ3) is 7.27. The minimum absolute atomic E-state index is 0. The van der Waals surface area contributed by atoms with Gasteiger partial charge in [0.05, 0.1) is 13.2 Å². The van der Waals surface area contributed by atoms with Gasteiger partial charge in [0.1, 0.15) is 5.75 Å². The monoisotopic (exact) mass is 542 g/mol. The molecule has 0 aliphatic carbocycles. The van der Waals surface area contributed by atoms with Gasteiger partial charge < -0.3 is 29.6 Å². The van der Waals surface area contributed by atoms with Gasteiger partial charge in [0, 0.05) is 51.4 Å². The second-order valence-corrected chi connectivity index (χ2v) is 7.02. The molecule has 2 N–H and O–H groups in total. The van der Waals surface area contributed by atoms with E-state index in [1.807, 2.05) is 0 Å². The van der Waals surface area contributed by atoms with Crippen molar-refractivity contribution in [2.24, 2.45) is 10.9 Å². The number of ether oxygens (including phenoxy) is 4. The lowest BCUT2D eigenvalue weighted by Crippen LogP contribution is -2.43. The number of hydrogen-bond donors (Lipinski definition) is 2. The van der Waals surface area contributed by atoms with Crippen LogP contribution in [-0.2, 0) is 11.3 Å². The van der Waals surface area contributed by atoms with Gasteiger partial charge in [-0.2, -0.15) is 8.78 Å². The lowest BCUT2D eigenvalue weighted by Gasteiger charge is -2.29. The molecule has 0 amide bonds. The molecule has 2 aliphatic rings. The second kappa shape index (κ2) is 12.3. The van der Waals surface area contributed by atoms with Crippen LogP contribution in [-0.4, -0.2) is 70.7 Å². The molecule has 30 heavy (non-hydrogen) atoms. The van der Waals surface area contributed by atoms with E-state index in [1.165, 1.54) is 6.07 Å². The summed E-state index contributed by atoms with van der Waals surface area (Å²) in [4.78, 5) is 6.58. The number of fused-ring (bicyclic) bond motifs is 1. The smallest absolute Gasteiger partial charge is 0.387 e. The number of alkyl halides is 2. The van der Waals surface area contributed by atoms with Gasteiger partial charge in [-0.1, -0.05) is 6.92 Å². The molecule has 1 atom stereocenters. The van der Waals surface area contributed by atoms with Crippen LogP contribution in [0.2, 0.25) is 0 Å². The Labute approximate surface area is 192 Å². The van der Waals surface area contributed by atoms with Crippen LogP contribution in [0.15, 0.2) is 17.1 Å². The highest BCUT2D eigenvalue weighted by molar-refractivity contribution is 14.0. The Morgan fingerprint density at radius 1 is 1.20 bits per heavy atom. The van der Waals surface area contributed by atoms with E-state index in [0.29, 0.717) is 28.9 Å². The largest absolute Gasteiger partial charge is 0.454 e. The Balaban J connectivity index is 0.00000320. The molecule has 1 aromatic carbocycles. The topological polar surface area (TPSA) is 76.6 Å². The fourth-order valence-electron chi connectivity index (χ4n) is 3.27. The van der Waals surface area contributed by atoms with Crippen molar-refractivity contribution in [3.8, 4) is 17.2 Å². The van der Waals surface area contributed by atoms with Crippen LogP contribution in [0.5, 0.6) is 17.2 Å². The molecule has 2 heterocycles. The third-order valence-corrected chi connectivity index (χ3v) is 4.73. The molecule has 2 aliphatic heterocycles. The lowest BCUT2D eigenvalue weighted by molar-refractivity contribution is -0.0505. The van der Waals surface area contributed by atoms with Crippen LogP contribution in [0.25, 0.3) is 0 Å². The molecular weight excluding hydrogens is 513 g/mol. The van der Waals surface area contributed by atoms with Crippen molar-refractivity contribution in [3.05, 3.63) is 17.7 Å². The van der Waals surface area contributed by atoms with Crippen LogP contribution in [0.3, 0.4) is 0 Å². The number of halogens is 3. The van der Waals surface area contributed by atoms with Gasteiger partial charge in [-0.25, -0.2) is 0 Å². The summed E-state index contributed by atoms with van der Waals surface area (Å²) < 4.78 is 46.1. The number of benzene rings is 1. The molecule has 1 saturated heterocycles. The first kappa shape index (κ1) is 24.7. The van der Waals surface area contributed by atoms with E-state index in [-0.39, 0.29) is 43.1 Å². The van der Waals surface area contributed by atoms with Gasteiger partial charge in [0.25, 0.3) is 0 Å². The summed E-state index contributed by atoms with van der Waals surface area (Å²) >= 11 is 0. The molecule has 3 rings (SSSR count). The summed E-state index contributed by atoms with van der Waals surface area (Å²) in [6.45, 7) is 4.73. The molecule has 0 saturated carbocycles. The number of nitrogens with zero attached hydrogens (tertiary/aromatic N) is 2. The highest BCUT2D eigenvalue weighted by Crippen LogP contribution is 2.38. The van der Waals surface area contributed by atoms with Crippen LogP contribution >= 0.6 is 24.0 Å². The highest BCUT2D eigenvalue weighted by atomic mass is 127. The molecule has 0 spiro atoms. The number of morpholine rings is 1. The normalized spacial score (nSPS) is 17.4. The zero-order chi connectivity index (χ0) is 20.6. The standard InChI is InChI=1S/C19H28F2N4O4.HI/c1-13(11-25-3-5-26-6-4-25)9-23-19(22-2)24-10-14-7-16-17(28-12-27-16)8-15(14)29-18(20)21;/h7-8,13,18H,3-6,9-12H2,1-2H3,(H2,22,23,24);1H. The van der Waals surface area contributed by atoms with E-state index < -0.39 is 6.61 Å². The summed E-state index contributed by atoms with van der Waals surface area (Å²) in [5, 5.41) is 6.41. The molecule has 11 heteroatoms. The predicted molar refractivity (Wildman–Crippen MR) is 119 cm³/mol. The molecule has 0 aromatic heterocycles. The second-order valence-electron chi connectivity index (χ2n) is 7.02. The molecule has 1 unspecified atom stereocenters. The Hall–Kier alpha value is -1.60. The summed E-state index contributed by atoms with van der Waals surface area (Å²) in [6, 6.07) is 3.06. The van der Waals surface area contributed by atoms with Crippen LogP contribution < -0.4 is 24.8 Å². The van der Waals surface area contributed by atoms with Crippen LogP contribution in [0.4, 0.5) is 8.78 Å². The maximum absolute atomic E-state index is 12.8. The van der Waals surface area contributed by atoms with E-state index >= 15 is 0 Å². The molecule has 1 aromatic rings. The molecule has 0 radical (unpaired) electrons. The summed E-state index contributed by atoms with van der Waals surface area (Å²) in [5.41, 5.74) is 0.527. The van der Waals surface area contributed by atoms with Crippen molar-refractivity contribution < 1.29 is 27.7 Å². The van der Waals surface area contributed by atoms with Gasteiger partial charge >= 0.3 is 6.61 Å². The quantitative estimate of drug-likeness (QED) is 0.297. The van der Waals surface area contributed by atoms with Crippen molar-refractivity contribution in [3.63, 3.8) is 0 Å². The van der Waals surface area contributed by atoms with Crippen molar-refractivity contribution in [2.45, 2.75) is 20.1 Å². The van der Waals surface area contributed by atoms with Gasteiger partial charge in [-0.3, -0.25) is 9.89 Å². The number of aliphatic imine (C=N–C) groups is 1. The zero-order valence-corrected chi connectivity index (χ0v) is 19.5. The first-order valence-electron chi connectivity index (χ1n) is 9.67. The molecule has 1 fully saturated rings. The van der Waals surface area contributed by atoms with Crippen molar-refractivity contribution in [1.82, 2.24) is 15.5 Å². The minimum atomic E-state index is -2.92. The minimum Gasteiger partial charge on any atom is -0.454 e. The average molecular weight is 542 g/mol. The molecule has 8 nitrogen and oxygen atoms in total. The first-order chi connectivity index (χ1) is 14.0. The van der Waals surface area contributed by atoms with Gasteiger partial charge in [0.15, 0.2) is 17.5 Å². The number of rotatable bonds is 8. The first-order valence-corrected chi connectivity index (χ1v) is 9.67. The van der Waals surface area contributed by atoms with Crippen molar-refractivity contribution >= 4 is 29.9 Å². The van der Waals surface area contributed by atoms with Crippen molar-refractivity contribution in [1.29, 1.82) is 0 Å². The fourth-order valence-corrected chi connectivity index (χ4v) is 3.27. The molecule has 170 valence electrons. The Kier molecular flexibility index (Phi) is 10.1. The summed E-state index contributed by atoms with van der Waals surface area (Å²) in [7, 11) is 1.66. The van der Waals surface area contributed by atoms with Gasteiger partial charge in [-0.15, -0.1) is 24.0 Å². The molecule has 0 bridgehead atoms. The number of guanidine groups is 1. The molecular formula is C19H29F2IN4O4. The van der Waals surface area contributed by atoms with E-state index in [4.69, 9.17) is 14.2 Å². The highest BCUT2D eigenvalue weighted by Gasteiger charge is 2.20. The van der Waals surface area contributed by atoms with Gasteiger partial charge in [0.2, 0.25) is 6.79 Å². The van der Waals surface area contributed by atoms with Gasteiger partial charge in [-0.05, 0) is 12.0 Å². The van der Waals surface area contributed by atoms with E-state index in [2.05, 4.69) is 32.2 Å². The predicted octanol–water partition coefficient (Wildman–Crippen LogP) is 2.27. The summed E-state index contributed by atoms with van der Waals surface area (Å²) in [6.07, 6.45) is 0. The summed E-state index contributed by atoms with van der Waals surface area (Å²) in [5.74, 6) is 1.94. The lowest BCUT2D eigenvalue weighted by atomic mass is 10.1.